The lowest BCUT2D eigenvalue weighted by Gasteiger charge is -2.15. The number of anilines is 2. The number of nitrogens with one attached hydrogen (secondary N) is 1. The van der Waals surface area contributed by atoms with Gasteiger partial charge in [0.2, 0.25) is 5.91 Å². The van der Waals surface area contributed by atoms with Gasteiger partial charge in [-0.2, -0.15) is 9.64 Å². The van der Waals surface area contributed by atoms with E-state index in [1.165, 1.54) is 0 Å². The smallest absolute Gasteiger partial charge is 0.224 e. The summed E-state index contributed by atoms with van der Waals surface area (Å²) >= 11 is 1.15. The molecular weight excluding hydrogens is 250 g/mol. The molecule has 0 spiro atoms. The Morgan fingerprint density at radius 2 is 2.28 bits per heavy atom. The van der Waals surface area contributed by atoms with E-state index in [1.807, 2.05) is 11.0 Å². The highest BCUT2D eigenvalue weighted by Crippen LogP contribution is 2.25. The fraction of sp³-hybridized carbons (Fsp3) is 0.545. The number of nitrogens with two attached hydrogens (primary N) is 1. The van der Waals surface area contributed by atoms with Crippen LogP contribution < -0.4 is 11.1 Å². The first-order valence-electron chi connectivity index (χ1n) is 5.89. The van der Waals surface area contributed by atoms with Crippen LogP contribution in [0.15, 0.2) is 0 Å². The van der Waals surface area contributed by atoms with Gasteiger partial charge in [0.15, 0.2) is 5.82 Å². The lowest BCUT2D eigenvalue weighted by Crippen LogP contribution is -2.29. The van der Waals surface area contributed by atoms with E-state index in [9.17, 15) is 4.79 Å². The maximum absolute atomic E-state index is 11.8. The molecule has 1 amide bonds. The molecule has 0 atom stereocenters. The molecule has 1 aromatic rings. The first-order chi connectivity index (χ1) is 8.72. The monoisotopic (exact) mass is 265 g/mol. The molecule has 1 aromatic heterocycles. The third kappa shape index (κ3) is 2.71. The van der Waals surface area contributed by atoms with Crippen molar-refractivity contribution >= 4 is 28.3 Å². The normalized spacial score (nSPS) is 14.5. The maximum Gasteiger partial charge on any atom is 0.224 e. The molecule has 2 rings (SSSR count). The first kappa shape index (κ1) is 12.6. The van der Waals surface area contributed by atoms with Crippen molar-refractivity contribution < 1.29 is 4.79 Å². The predicted molar refractivity (Wildman–Crippen MR) is 70.2 cm³/mol. The number of hydrogen-bond donors (Lipinski definition) is 2. The Labute approximate surface area is 110 Å². The molecule has 96 valence electrons. The zero-order valence-electron chi connectivity index (χ0n) is 9.98. The zero-order valence-corrected chi connectivity index (χ0v) is 10.8. The Morgan fingerprint density at radius 3 is 2.94 bits per heavy atom. The second-order valence-corrected chi connectivity index (χ2v) is 4.92. The number of rotatable bonds is 4. The van der Waals surface area contributed by atoms with Crippen molar-refractivity contribution in [2.24, 2.45) is 0 Å². The number of nitriles is 1. The molecular formula is C11H15N5OS. The molecule has 6 nitrogen and oxygen atoms in total. The van der Waals surface area contributed by atoms with Crippen molar-refractivity contribution in [3.63, 3.8) is 0 Å². The number of amides is 1. The molecule has 0 bridgehead atoms. The number of aromatic nitrogens is 1. The van der Waals surface area contributed by atoms with E-state index in [2.05, 4.69) is 9.69 Å². The number of carbonyl (C=O) groups excluding carboxylic acids is 1. The average Bonchev–Trinajstić information content (AvgIpc) is 2.99. The Hall–Kier alpha value is -1.81. The molecule has 18 heavy (non-hydrogen) atoms. The molecule has 1 saturated heterocycles. The van der Waals surface area contributed by atoms with E-state index in [0.717, 1.165) is 37.5 Å². The van der Waals surface area contributed by atoms with Gasteiger partial charge in [-0.3, -0.25) is 4.79 Å². The van der Waals surface area contributed by atoms with Gasteiger partial charge in [0.25, 0.3) is 0 Å². The summed E-state index contributed by atoms with van der Waals surface area (Å²) in [6.07, 6.45) is 2.63. The van der Waals surface area contributed by atoms with Crippen molar-refractivity contribution in [3.05, 3.63) is 5.56 Å². The van der Waals surface area contributed by atoms with E-state index >= 15 is 0 Å². The molecule has 2 heterocycles. The lowest BCUT2D eigenvalue weighted by molar-refractivity contribution is -0.129. The van der Waals surface area contributed by atoms with Crippen LogP contribution in [0.3, 0.4) is 0 Å². The van der Waals surface area contributed by atoms with Crippen LogP contribution >= 0.6 is 11.5 Å². The fourth-order valence-electron chi connectivity index (χ4n) is 1.94. The average molecular weight is 265 g/mol. The second-order valence-electron chi connectivity index (χ2n) is 4.15. The standard InChI is InChI=1S/C11H15N5OS/c12-7-8-10(13)15-18-11(8)14-4-3-9(17)16-5-1-2-6-16/h14H,1-6H2,(H2,13,15). The van der Waals surface area contributed by atoms with Gasteiger partial charge in [0, 0.05) is 26.1 Å². The first-order valence-corrected chi connectivity index (χ1v) is 6.66. The van der Waals surface area contributed by atoms with Crippen molar-refractivity contribution in [3.8, 4) is 6.07 Å². The third-order valence-corrected chi connectivity index (χ3v) is 3.73. The van der Waals surface area contributed by atoms with E-state index < -0.39 is 0 Å². The van der Waals surface area contributed by atoms with Crippen LogP contribution in [-0.4, -0.2) is 34.8 Å². The van der Waals surface area contributed by atoms with E-state index in [0.29, 0.717) is 23.5 Å². The predicted octanol–water partition coefficient (Wildman–Crippen LogP) is 1.02. The van der Waals surface area contributed by atoms with Crippen LogP contribution in [0, 0.1) is 11.3 Å². The Kier molecular flexibility index (Phi) is 3.99. The molecule has 3 N–H and O–H groups in total. The zero-order chi connectivity index (χ0) is 13.0. The highest BCUT2D eigenvalue weighted by Gasteiger charge is 2.17. The summed E-state index contributed by atoms with van der Waals surface area (Å²) in [7, 11) is 0. The molecule has 1 fully saturated rings. The molecule has 1 aliphatic rings. The topological polar surface area (TPSA) is 95.0 Å². The fourth-order valence-corrected chi connectivity index (χ4v) is 2.63. The minimum atomic E-state index is 0.163. The summed E-state index contributed by atoms with van der Waals surface area (Å²) in [5.41, 5.74) is 5.91. The number of nitrogens with zero attached hydrogens (tertiary/aromatic N) is 3. The minimum absolute atomic E-state index is 0.163. The van der Waals surface area contributed by atoms with Crippen LogP contribution in [0.1, 0.15) is 24.8 Å². The highest BCUT2D eigenvalue weighted by atomic mass is 32.1. The molecule has 0 unspecified atom stereocenters. The van der Waals surface area contributed by atoms with Gasteiger partial charge in [0.1, 0.15) is 16.6 Å². The van der Waals surface area contributed by atoms with Crippen LogP contribution in [0.5, 0.6) is 0 Å². The highest BCUT2D eigenvalue weighted by molar-refractivity contribution is 7.10. The molecule has 1 aliphatic heterocycles. The quantitative estimate of drug-likeness (QED) is 0.847. The van der Waals surface area contributed by atoms with Crippen LogP contribution in [-0.2, 0) is 4.79 Å². The van der Waals surface area contributed by atoms with Crippen molar-refractivity contribution in [2.75, 3.05) is 30.7 Å². The Bertz CT molecular complexity index is 472. The second kappa shape index (κ2) is 5.69. The van der Waals surface area contributed by atoms with Gasteiger partial charge >= 0.3 is 0 Å². The van der Waals surface area contributed by atoms with Crippen LogP contribution in [0.2, 0.25) is 0 Å². The van der Waals surface area contributed by atoms with E-state index in [-0.39, 0.29) is 11.7 Å². The molecule has 7 heteroatoms. The van der Waals surface area contributed by atoms with Gasteiger partial charge in [0.05, 0.1) is 0 Å². The molecule has 0 radical (unpaired) electrons. The summed E-state index contributed by atoms with van der Waals surface area (Å²) in [6.45, 7) is 2.25. The van der Waals surface area contributed by atoms with Gasteiger partial charge < -0.3 is 16.0 Å². The lowest BCUT2D eigenvalue weighted by atomic mass is 10.3. The summed E-state index contributed by atoms with van der Waals surface area (Å²) in [6, 6.07) is 2.00. The number of likely N-dealkylation sites (tertiary alicyclic amines) is 1. The number of hydrogen-bond acceptors (Lipinski definition) is 6. The number of carbonyl (C=O) groups is 1. The summed E-state index contributed by atoms with van der Waals surface area (Å²) in [5.74, 6) is 0.409. The Balaban J connectivity index is 1.81. The van der Waals surface area contributed by atoms with Crippen molar-refractivity contribution in [2.45, 2.75) is 19.3 Å². The van der Waals surface area contributed by atoms with Crippen molar-refractivity contribution in [1.29, 1.82) is 5.26 Å². The van der Waals surface area contributed by atoms with Gasteiger partial charge in [-0.25, -0.2) is 0 Å². The third-order valence-electron chi connectivity index (χ3n) is 2.91. The minimum Gasteiger partial charge on any atom is -0.382 e. The maximum atomic E-state index is 11.8. The van der Waals surface area contributed by atoms with E-state index in [1.54, 1.807) is 0 Å². The summed E-state index contributed by atoms with van der Waals surface area (Å²) in [4.78, 5) is 13.7. The summed E-state index contributed by atoms with van der Waals surface area (Å²) in [5, 5.41) is 12.6. The SMILES string of the molecule is N#Cc1c(N)nsc1NCCC(=O)N1CCCC1. The van der Waals surface area contributed by atoms with Crippen LogP contribution in [0.4, 0.5) is 10.8 Å². The van der Waals surface area contributed by atoms with Gasteiger partial charge in [-0.05, 0) is 24.4 Å². The number of nitrogen functional groups attached to an aromatic ring is 1. The summed E-state index contributed by atoms with van der Waals surface area (Å²) < 4.78 is 3.90. The Morgan fingerprint density at radius 1 is 1.56 bits per heavy atom. The van der Waals surface area contributed by atoms with E-state index in [4.69, 9.17) is 11.0 Å². The largest absolute Gasteiger partial charge is 0.382 e. The molecule has 0 saturated carbocycles. The van der Waals surface area contributed by atoms with Crippen molar-refractivity contribution in [1.82, 2.24) is 9.27 Å². The van der Waals surface area contributed by atoms with Crippen LogP contribution in [0.25, 0.3) is 0 Å². The molecule has 0 aromatic carbocycles. The van der Waals surface area contributed by atoms with Gasteiger partial charge in [-0.15, -0.1) is 0 Å². The van der Waals surface area contributed by atoms with Gasteiger partial charge in [-0.1, -0.05) is 0 Å². The molecule has 0 aliphatic carbocycles.